The Morgan fingerprint density at radius 3 is 2.31 bits per heavy atom. The molecule has 152 valence electrons. The highest BCUT2D eigenvalue weighted by Crippen LogP contribution is 2.28. The summed E-state index contributed by atoms with van der Waals surface area (Å²) in [7, 11) is 1.65. The molecular formula is C25H30N2O2. The van der Waals surface area contributed by atoms with Gasteiger partial charge in [-0.25, -0.2) is 4.98 Å². The average Bonchev–Trinajstić information content (AvgIpc) is 2.71. The van der Waals surface area contributed by atoms with Gasteiger partial charge in [-0.05, 0) is 36.1 Å². The zero-order valence-electron chi connectivity index (χ0n) is 18.0. The lowest BCUT2D eigenvalue weighted by molar-refractivity contribution is 0.0717. The van der Waals surface area contributed by atoms with Crippen molar-refractivity contribution in [3.8, 4) is 17.0 Å². The monoisotopic (exact) mass is 390 g/mol. The zero-order valence-corrected chi connectivity index (χ0v) is 18.0. The summed E-state index contributed by atoms with van der Waals surface area (Å²) in [6, 6.07) is 17.6. The summed E-state index contributed by atoms with van der Waals surface area (Å²) < 4.78 is 5.36. The highest BCUT2D eigenvalue weighted by molar-refractivity contribution is 6.07. The van der Waals surface area contributed by atoms with E-state index in [4.69, 9.17) is 9.72 Å². The fourth-order valence-electron chi connectivity index (χ4n) is 3.57. The van der Waals surface area contributed by atoms with Crippen molar-refractivity contribution in [3.05, 3.63) is 60.2 Å². The van der Waals surface area contributed by atoms with Gasteiger partial charge in [0, 0.05) is 24.0 Å². The maximum atomic E-state index is 13.6. The Kier molecular flexibility index (Phi) is 6.53. The van der Waals surface area contributed by atoms with E-state index in [1.165, 1.54) is 0 Å². The Morgan fingerprint density at radius 1 is 0.966 bits per heavy atom. The summed E-state index contributed by atoms with van der Waals surface area (Å²) in [6.07, 6.45) is 0. The largest absolute Gasteiger partial charge is 0.497 e. The second kappa shape index (κ2) is 9.08. The number of benzene rings is 2. The van der Waals surface area contributed by atoms with Crippen molar-refractivity contribution >= 4 is 16.8 Å². The normalized spacial score (nSPS) is 11.3. The summed E-state index contributed by atoms with van der Waals surface area (Å²) in [5.41, 5.74) is 3.24. The van der Waals surface area contributed by atoms with Crippen molar-refractivity contribution in [2.45, 2.75) is 27.7 Å². The van der Waals surface area contributed by atoms with Gasteiger partial charge in [0.25, 0.3) is 5.91 Å². The molecule has 0 aliphatic carbocycles. The Balaban J connectivity index is 2.13. The van der Waals surface area contributed by atoms with Gasteiger partial charge in [-0.3, -0.25) is 4.79 Å². The molecule has 3 aromatic rings. The van der Waals surface area contributed by atoms with Crippen LogP contribution in [0.3, 0.4) is 0 Å². The molecule has 2 aromatic carbocycles. The lowest BCUT2D eigenvalue weighted by atomic mass is 10.0. The van der Waals surface area contributed by atoms with Crippen LogP contribution in [0, 0.1) is 11.8 Å². The molecule has 0 fully saturated rings. The van der Waals surface area contributed by atoms with Crippen LogP contribution in [0.5, 0.6) is 5.75 Å². The number of carbonyl (C=O) groups is 1. The summed E-state index contributed by atoms with van der Waals surface area (Å²) >= 11 is 0. The van der Waals surface area contributed by atoms with Crippen LogP contribution in [0.4, 0.5) is 0 Å². The van der Waals surface area contributed by atoms with Crippen molar-refractivity contribution in [1.29, 1.82) is 0 Å². The fraction of sp³-hybridized carbons (Fsp3) is 0.360. The summed E-state index contributed by atoms with van der Waals surface area (Å²) in [4.78, 5) is 20.4. The molecule has 1 aromatic heterocycles. The van der Waals surface area contributed by atoms with Crippen LogP contribution >= 0.6 is 0 Å². The van der Waals surface area contributed by atoms with Gasteiger partial charge in [0.2, 0.25) is 0 Å². The van der Waals surface area contributed by atoms with E-state index in [-0.39, 0.29) is 5.91 Å². The van der Waals surface area contributed by atoms with Crippen LogP contribution in [0.25, 0.3) is 22.2 Å². The minimum atomic E-state index is 0.0650. The van der Waals surface area contributed by atoms with Gasteiger partial charge in [0.1, 0.15) is 5.75 Å². The minimum Gasteiger partial charge on any atom is -0.497 e. The number of ether oxygens (including phenoxy) is 1. The Bertz CT molecular complexity index is 985. The fourth-order valence-corrected chi connectivity index (χ4v) is 3.57. The first-order chi connectivity index (χ1) is 13.9. The topological polar surface area (TPSA) is 42.4 Å². The number of amides is 1. The summed E-state index contributed by atoms with van der Waals surface area (Å²) in [6.45, 7) is 10.1. The average molecular weight is 391 g/mol. The maximum Gasteiger partial charge on any atom is 0.254 e. The van der Waals surface area contributed by atoms with Crippen molar-refractivity contribution in [2.75, 3.05) is 20.2 Å². The van der Waals surface area contributed by atoms with Gasteiger partial charge in [-0.2, -0.15) is 0 Å². The predicted molar refractivity (Wildman–Crippen MR) is 119 cm³/mol. The second-order valence-electron chi connectivity index (χ2n) is 8.30. The highest BCUT2D eigenvalue weighted by atomic mass is 16.5. The number of pyridine rings is 1. The molecule has 0 bridgehead atoms. The van der Waals surface area contributed by atoms with Crippen LogP contribution in [0.15, 0.2) is 54.6 Å². The number of aromatic nitrogens is 1. The molecular weight excluding hydrogens is 360 g/mol. The van der Waals surface area contributed by atoms with Gasteiger partial charge >= 0.3 is 0 Å². The van der Waals surface area contributed by atoms with Crippen LogP contribution in [-0.4, -0.2) is 36.0 Å². The van der Waals surface area contributed by atoms with Crippen LogP contribution < -0.4 is 4.74 Å². The molecule has 0 unspecified atom stereocenters. The van der Waals surface area contributed by atoms with Gasteiger partial charge < -0.3 is 9.64 Å². The van der Waals surface area contributed by atoms with Crippen LogP contribution in [-0.2, 0) is 0 Å². The number of methoxy groups -OCH3 is 1. The zero-order chi connectivity index (χ0) is 21.0. The number of rotatable bonds is 7. The van der Waals surface area contributed by atoms with Crippen molar-refractivity contribution < 1.29 is 9.53 Å². The number of carbonyl (C=O) groups excluding carboxylic acids is 1. The number of para-hydroxylation sites is 1. The third-order valence-corrected chi connectivity index (χ3v) is 4.77. The van der Waals surface area contributed by atoms with Crippen LogP contribution in [0.1, 0.15) is 38.1 Å². The molecule has 0 saturated carbocycles. The lowest BCUT2D eigenvalue weighted by Crippen LogP contribution is -2.37. The Labute approximate surface area is 173 Å². The van der Waals surface area contributed by atoms with Gasteiger partial charge in [0.15, 0.2) is 0 Å². The summed E-state index contributed by atoms with van der Waals surface area (Å²) in [5, 5.41) is 0.890. The molecule has 0 aliphatic rings. The molecule has 3 rings (SSSR count). The van der Waals surface area contributed by atoms with Gasteiger partial charge in [-0.1, -0.05) is 58.0 Å². The molecule has 0 aliphatic heterocycles. The molecule has 4 nitrogen and oxygen atoms in total. The van der Waals surface area contributed by atoms with E-state index in [2.05, 4.69) is 27.7 Å². The Hall–Kier alpha value is -2.88. The predicted octanol–water partition coefficient (Wildman–Crippen LogP) is 5.66. The van der Waals surface area contributed by atoms with Gasteiger partial charge in [-0.15, -0.1) is 0 Å². The maximum absolute atomic E-state index is 13.6. The van der Waals surface area contributed by atoms with E-state index < -0.39 is 0 Å². The van der Waals surface area contributed by atoms with E-state index in [0.717, 1.165) is 41.0 Å². The van der Waals surface area contributed by atoms with Crippen molar-refractivity contribution in [1.82, 2.24) is 9.88 Å². The molecule has 0 radical (unpaired) electrons. The smallest absolute Gasteiger partial charge is 0.254 e. The van der Waals surface area contributed by atoms with E-state index >= 15 is 0 Å². The molecule has 1 heterocycles. The van der Waals surface area contributed by atoms with E-state index in [0.29, 0.717) is 17.4 Å². The second-order valence-corrected chi connectivity index (χ2v) is 8.30. The number of nitrogens with zero attached hydrogens (tertiary/aromatic N) is 2. The molecule has 0 saturated heterocycles. The SMILES string of the molecule is COc1cccc(-c2cc(C(=O)N(CC(C)C)CC(C)C)c3ccccc3n2)c1. The minimum absolute atomic E-state index is 0.0650. The van der Waals surface area contributed by atoms with E-state index in [1.54, 1.807) is 7.11 Å². The van der Waals surface area contributed by atoms with Crippen molar-refractivity contribution in [3.63, 3.8) is 0 Å². The molecule has 1 amide bonds. The molecule has 0 atom stereocenters. The quantitative estimate of drug-likeness (QED) is 0.522. The highest BCUT2D eigenvalue weighted by Gasteiger charge is 2.21. The van der Waals surface area contributed by atoms with Gasteiger partial charge in [0.05, 0.1) is 23.9 Å². The third kappa shape index (κ3) is 4.94. The molecule has 29 heavy (non-hydrogen) atoms. The summed E-state index contributed by atoms with van der Waals surface area (Å²) in [5.74, 6) is 1.65. The first kappa shape index (κ1) is 20.8. The van der Waals surface area contributed by atoms with E-state index in [9.17, 15) is 4.79 Å². The molecule has 0 N–H and O–H groups in total. The number of hydrogen-bond donors (Lipinski definition) is 0. The van der Waals surface area contributed by atoms with E-state index in [1.807, 2.05) is 59.5 Å². The molecule has 0 spiro atoms. The number of hydrogen-bond acceptors (Lipinski definition) is 3. The van der Waals surface area contributed by atoms with Crippen molar-refractivity contribution in [2.24, 2.45) is 11.8 Å². The third-order valence-electron chi connectivity index (χ3n) is 4.77. The lowest BCUT2D eigenvalue weighted by Gasteiger charge is -2.27. The standard InChI is InChI=1S/C25H30N2O2/c1-17(2)15-27(16-18(3)4)25(28)22-14-24(19-9-8-10-20(13-19)29-5)26-23-12-7-6-11-21(22)23/h6-14,17-18H,15-16H2,1-5H3. The Morgan fingerprint density at radius 2 is 1.66 bits per heavy atom. The molecule has 4 heteroatoms. The van der Waals surface area contributed by atoms with Crippen LogP contribution in [0.2, 0.25) is 0 Å². The first-order valence-electron chi connectivity index (χ1n) is 10.2. The number of fused-ring (bicyclic) bond motifs is 1. The first-order valence-corrected chi connectivity index (χ1v) is 10.2.